The first kappa shape index (κ1) is 24.4. The van der Waals surface area contributed by atoms with Crippen LogP contribution < -0.4 is 10.2 Å². The number of halogens is 1. The minimum absolute atomic E-state index is 0.275. The zero-order chi connectivity index (χ0) is 26.9. The first-order valence-electron chi connectivity index (χ1n) is 13.7. The molecule has 2 aromatic carbocycles. The SMILES string of the molecule is Fc1cc(-c2cncc(CNCc3ccccc3)c2)cc2c(-c3nc4nccc(N5CCCCC5)c4[nH]3)[nH]nc12. The van der Waals surface area contributed by atoms with Crippen molar-refractivity contribution in [3.8, 4) is 22.6 Å². The van der Waals surface area contributed by atoms with Crippen molar-refractivity contribution < 1.29 is 4.39 Å². The molecule has 1 aliphatic rings. The number of anilines is 1. The number of rotatable bonds is 7. The predicted molar refractivity (Wildman–Crippen MR) is 155 cm³/mol. The van der Waals surface area contributed by atoms with E-state index in [9.17, 15) is 0 Å². The van der Waals surface area contributed by atoms with E-state index in [2.05, 4.69) is 47.5 Å². The molecule has 0 saturated carbocycles. The maximum absolute atomic E-state index is 15.3. The highest BCUT2D eigenvalue weighted by atomic mass is 19.1. The number of aromatic nitrogens is 6. The second kappa shape index (κ2) is 10.5. The van der Waals surface area contributed by atoms with Crippen molar-refractivity contribution in [3.05, 3.63) is 90.1 Å². The van der Waals surface area contributed by atoms with Crippen molar-refractivity contribution in [2.45, 2.75) is 32.4 Å². The highest BCUT2D eigenvalue weighted by Gasteiger charge is 2.20. The van der Waals surface area contributed by atoms with Gasteiger partial charge in [0, 0.05) is 55.7 Å². The summed E-state index contributed by atoms with van der Waals surface area (Å²) in [6, 6.07) is 17.8. The molecule has 0 radical (unpaired) electrons. The van der Waals surface area contributed by atoms with Crippen LogP contribution in [0.15, 0.2) is 73.2 Å². The van der Waals surface area contributed by atoms with Crippen LogP contribution in [0.2, 0.25) is 0 Å². The summed E-state index contributed by atoms with van der Waals surface area (Å²) in [4.78, 5) is 19.5. The number of nitrogens with zero attached hydrogens (tertiary/aromatic N) is 5. The quantitative estimate of drug-likeness (QED) is 0.234. The fourth-order valence-corrected chi connectivity index (χ4v) is 5.53. The molecule has 200 valence electrons. The molecule has 1 fully saturated rings. The molecular formula is C31H29FN8. The molecule has 5 heterocycles. The van der Waals surface area contributed by atoms with Gasteiger partial charge >= 0.3 is 0 Å². The third-order valence-electron chi connectivity index (χ3n) is 7.55. The van der Waals surface area contributed by atoms with Crippen LogP contribution in [-0.2, 0) is 13.1 Å². The summed E-state index contributed by atoms with van der Waals surface area (Å²) in [5.41, 5.74) is 7.34. The Balaban J connectivity index is 1.20. The molecule has 0 atom stereocenters. The van der Waals surface area contributed by atoms with E-state index < -0.39 is 5.82 Å². The van der Waals surface area contributed by atoms with Crippen LogP contribution in [0.25, 0.3) is 44.7 Å². The molecule has 40 heavy (non-hydrogen) atoms. The van der Waals surface area contributed by atoms with Crippen molar-refractivity contribution in [1.29, 1.82) is 0 Å². The lowest BCUT2D eigenvalue weighted by Gasteiger charge is -2.28. The van der Waals surface area contributed by atoms with Gasteiger partial charge in [-0.25, -0.2) is 14.4 Å². The van der Waals surface area contributed by atoms with Gasteiger partial charge in [0.25, 0.3) is 0 Å². The van der Waals surface area contributed by atoms with Crippen molar-refractivity contribution in [1.82, 2.24) is 35.5 Å². The normalized spacial score (nSPS) is 13.9. The van der Waals surface area contributed by atoms with Crippen LogP contribution in [0.5, 0.6) is 0 Å². The zero-order valence-electron chi connectivity index (χ0n) is 22.0. The Kier molecular flexibility index (Phi) is 6.41. The first-order chi connectivity index (χ1) is 19.7. The van der Waals surface area contributed by atoms with Crippen LogP contribution in [0.1, 0.15) is 30.4 Å². The van der Waals surface area contributed by atoms with Crippen molar-refractivity contribution >= 4 is 27.8 Å². The van der Waals surface area contributed by atoms with E-state index in [0.29, 0.717) is 29.1 Å². The summed E-state index contributed by atoms with van der Waals surface area (Å²) in [6.07, 6.45) is 9.01. The van der Waals surface area contributed by atoms with Gasteiger partial charge in [-0.05, 0) is 60.2 Å². The lowest BCUT2D eigenvalue weighted by atomic mass is 10.0. The zero-order valence-corrected chi connectivity index (χ0v) is 22.0. The predicted octanol–water partition coefficient (Wildman–Crippen LogP) is 5.98. The van der Waals surface area contributed by atoms with Crippen molar-refractivity contribution in [2.75, 3.05) is 18.0 Å². The fraction of sp³-hybridized carbons (Fsp3) is 0.226. The van der Waals surface area contributed by atoms with E-state index in [1.807, 2.05) is 42.6 Å². The van der Waals surface area contributed by atoms with Gasteiger partial charge in [0.2, 0.25) is 0 Å². The van der Waals surface area contributed by atoms with Crippen LogP contribution in [0.4, 0.5) is 10.1 Å². The molecule has 3 N–H and O–H groups in total. The van der Waals surface area contributed by atoms with E-state index in [0.717, 1.165) is 47.5 Å². The van der Waals surface area contributed by atoms with Gasteiger partial charge in [0.15, 0.2) is 17.3 Å². The molecule has 8 nitrogen and oxygen atoms in total. The van der Waals surface area contributed by atoms with Gasteiger partial charge in [-0.1, -0.05) is 30.3 Å². The molecule has 0 bridgehead atoms. The third kappa shape index (κ3) is 4.69. The molecular weight excluding hydrogens is 503 g/mol. The van der Waals surface area contributed by atoms with Gasteiger partial charge < -0.3 is 15.2 Å². The summed E-state index contributed by atoms with van der Waals surface area (Å²) < 4.78 is 15.3. The lowest BCUT2D eigenvalue weighted by Crippen LogP contribution is -2.29. The fourth-order valence-electron chi connectivity index (χ4n) is 5.53. The molecule has 9 heteroatoms. The van der Waals surface area contributed by atoms with E-state index in [4.69, 9.17) is 4.98 Å². The molecule has 4 aromatic heterocycles. The number of imidazole rings is 1. The van der Waals surface area contributed by atoms with Crippen LogP contribution >= 0.6 is 0 Å². The summed E-state index contributed by atoms with van der Waals surface area (Å²) >= 11 is 0. The summed E-state index contributed by atoms with van der Waals surface area (Å²) in [5, 5.41) is 11.4. The van der Waals surface area contributed by atoms with Gasteiger partial charge in [-0.3, -0.25) is 10.1 Å². The van der Waals surface area contributed by atoms with E-state index >= 15 is 4.39 Å². The number of pyridine rings is 2. The number of hydrogen-bond acceptors (Lipinski definition) is 6. The number of hydrogen-bond donors (Lipinski definition) is 3. The smallest absolute Gasteiger partial charge is 0.180 e. The second-order valence-corrected chi connectivity index (χ2v) is 10.3. The standard InChI is InChI=1S/C31H29FN8/c32-25-15-22(23-13-21(18-34-19-23)17-33-16-20-7-3-1-4-8-20)14-24-27(25)38-39-28(24)31-36-29-26(9-10-35-30(29)37-31)40-11-5-2-6-12-40/h1,3-4,7-10,13-15,18-19,33H,2,5-6,11-12,16-17H2,(H,38,39)(H,35,36,37). The number of H-pyrrole nitrogens is 2. The molecule has 1 aliphatic heterocycles. The van der Waals surface area contributed by atoms with Crippen LogP contribution in [0, 0.1) is 5.82 Å². The van der Waals surface area contributed by atoms with Gasteiger partial charge in [-0.15, -0.1) is 0 Å². The number of piperidine rings is 1. The topological polar surface area (TPSA) is 98.4 Å². The molecule has 0 aliphatic carbocycles. The largest absolute Gasteiger partial charge is 0.370 e. The van der Waals surface area contributed by atoms with Crippen molar-refractivity contribution in [3.63, 3.8) is 0 Å². The van der Waals surface area contributed by atoms with E-state index in [1.54, 1.807) is 12.4 Å². The van der Waals surface area contributed by atoms with Gasteiger partial charge in [-0.2, -0.15) is 5.10 Å². The highest BCUT2D eigenvalue weighted by molar-refractivity contribution is 5.97. The van der Waals surface area contributed by atoms with Crippen LogP contribution in [-0.4, -0.2) is 43.2 Å². The molecule has 0 amide bonds. The number of nitrogens with one attached hydrogen (secondary N) is 3. The number of aromatic amines is 2. The number of fused-ring (bicyclic) bond motifs is 2. The Bertz CT molecular complexity index is 1790. The van der Waals surface area contributed by atoms with Crippen LogP contribution in [0.3, 0.4) is 0 Å². The lowest BCUT2D eigenvalue weighted by molar-refractivity contribution is 0.578. The molecule has 7 rings (SSSR count). The van der Waals surface area contributed by atoms with Gasteiger partial charge in [0.1, 0.15) is 16.7 Å². The molecule has 0 spiro atoms. The number of benzene rings is 2. The van der Waals surface area contributed by atoms with Crippen molar-refractivity contribution in [2.24, 2.45) is 0 Å². The Hall–Kier alpha value is -4.63. The molecule has 6 aromatic rings. The molecule has 0 unspecified atom stereocenters. The first-order valence-corrected chi connectivity index (χ1v) is 13.7. The Morgan fingerprint density at radius 3 is 2.62 bits per heavy atom. The molecule has 1 saturated heterocycles. The summed E-state index contributed by atoms with van der Waals surface area (Å²) in [6.45, 7) is 3.45. The minimum atomic E-state index is -0.397. The Morgan fingerprint density at radius 1 is 0.900 bits per heavy atom. The van der Waals surface area contributed by atoms with E-state index in [1.165, 1.54) is 30.9 Å². The van der Waals surface area contributed by atoms with E-state index in [-0.39, 0.29) is 5.52 Å². The summed E-state index contributed by atoms with van der Waals surface area (Å²) in [5.74, 6) is 0.189. The average molecular weight is 533 g/mol. The maximum Gasteiger partial charge on any atom is 0.180 e. The Morgan fingerprint density at radius 2 is 1.75 bits per heavy atom. The maximum atomic E-state index is 15.3. The highest BCUT2D eigenvalue weighted by Crippen LogP contribution is 2.34. The Labute approximate surface area is 230 Å². The minimum Gasteiger partial charge on any atom is -0.370 e. The van der Waals surface area contributed by atoms with Gasteiger partial charge in [0.05, 0.1) is 5.69 Å². The monoisotopic (exact) mass is 532 g/mol. The second-order valence-electron chi connectivity index (χ2n) is 10.3. The third-order valence-corrected chi connectivity index (χ3v) is 7.55. The summed E-state index contributed by atoms with van der Waals surface area (Å²) in [7, 11) is 0. The average Bonchev–Trinajstić information content (AvgIpc) is 3.63.